The Morgan fingerprint density at radius 3 is 2.84 bits per heavy atom. The van der Waals surface area contributed by atoms with Gasteiger partial charge in [0, 0.05) is 35.0 Å². The summed E-state index contributed by atoms with van der Waals surface area (Å²) < 4.78 is 2.32. The zero-order chi connectivity index (χ0) is 24.8. The molecule has 0 bridgehead atoms. The topological polar surface area (TPSA) is 55.1 Å². The Labute approximate surface area is 216 Å². The van der Waals surface area contributed by atoms with Crippen LogP contribution in [-0.4, -0.2) is 20.7 Å². The highest BCUT2D eigenvalue weighted by Crippen LogP contribution is 2.38. The predicted octanol–water partition coefficient (Wildman–Crippen LogP) is 6.87. The van der Waals surface area contributed by atoms with Gasteiger partial charge in [-0.2, -0.15) is 0 Å². The van der Waals surface area contributed by atoms with Crippen LogP contribution in [0, 0.1) is 6.92 Å². The number of anilines is 1. The Hall–Kier alpha value is -4.47. The van der Waals surface area contributed by atoms with Gasteiger partial charge in [0.15, 0.2) is 5.82 Å². The molecule has 180 valence electrons. The van der Waals surface area contributed by atoms with Crippen molar-refractivity contribution in [2.24, 2.45) is 4.99 Å². The predicted molar refractivity (Wildman–Crippen MR) is 151 cm³/mol. The van der Waals surface area contributed by atoms with E-state index in [1.807, 2.05) is 12.3 Å². The van der Waals surface area contributed by atoms with Gasteiger partial charge >= 0.3 is 0 Å². The third kappa shape index (κ3) is 3.67. The molecule has 0 spiro atoms. The SMILES string of the molecule is Cc1ccccc1C1N=Cc2c(nc(C3C=CC=CC3)nc2-n2c3c(c4c2CCC=C4)C=CC=C=C3)N1. The molecule has 5 nitrogen and oxygen atoms in total. The maximum Gasteiger partial charge on any atom is 0.152 e. The summed E-state index contributed by atoms with van der Waals surface area (Å²) >= 11 is 0. The van der Waals surface area contributed by atoms with Crippen LogP contribution < -0.4 is 5.32 Å². The Balaban J connectivity index is 1.46. The fraction of sp³-hybridized carbons (Fsp3) is 0.188. The van der Waals surface area contributed by atoms with E-state index < -0.39 is 0 Å². The van der Waals surface area contributed by atoms with E-state index in [1.165, 1.54) is 22.4 Å². The van der Waals surface area contributed by atoms with E-state index in [4.69, 9.17) is 15.0 Å². The highest BCUT2D eigenvalue weighted by Gasteiger charge is 2.29. The number of aliphatic imine (C=N–C) groups is 1. The molecular formula is C32H27N5. The van der Waals surface area contributed by atoms with Gasteiger partial charge in [0.05, 0.1) is 11.3 Å². The van der Waals surface area contributed by atoms with E-state index in [9.17, 15) is 0 Å². The molecule has 0 saturated carbocycles. The molecule has 3 heterocycles. The van der Waals surface area contributed by atoms with Gasteiger partial charge in [-0.3, -0.25) is 9.56 Å². The van der Waals surface area contributed by atoms with Crippen molar-refractivity contribution < 1.29 is 0 Å². The number of fused-ring (bicyclic) bond motifs is 4. The molecule has 0 radical (unpaired) electrons. The lowest BCUT2D eigenvalue weighted by Gasteiger charge is -2.26. The van der Waals surface area contributed by atoms with Crippen molar-refractivity contribution in [3.05, 3.63) is 118 Å². The molecule has 2 unspecified atom stereocenters. The lowest BCUT2D eigenvalue weighted by molar-refractivity contribution is 0.739. The van der Waals surface area contributed by atoms with Gasteiger partial charge in [0.2, 0.25) is 0 Å². The second-order valence-corrected chi connectivity index (χ2v) is 9.78. The summed E-state index contributed by atoms with van der Waals surface area (Å²) in [6.07, 6.45) is 26.0. The first-order valence-corrected chi connectivity index (χ1v) is 12.9. The molecule has 2 aromatic heterocycles. The number of hydrogen-bond donors (Lipinski definition) is 1. The van der Waals surface area contributed by atoms with Crippen LogP contribution in [0.5, 0.6) is 0 Å². The van der Waals surface area contributed by atoms with Crippen LogP contribution >= 0.6 is 0 Å². The highest BCUT2D eigenvalue weighted by molar-refractivity contribution is 5.93. The van der Waals surface area contributed by atoms with Crippen molar-refractivity contribution in [1.82, 2.24) is 14.5 Å². The van der Waals surface area contributed by atoms with Gasteiger partial charge < -0.3 is 5.32 Å². The van der Waals surface area contributed by atoms with Crippen molar-refractivity contribution in [3.8, 4) is 5.82 Å². The first-order chi connectivity index (χ1) is 18.3. The summed E-state index contributed by atoms with van der Waals surface area (Å²) in [5.41, 5.74) is 11.4. The van der Waals surface area contributed by atoms with Crippen LogP contribution in [-0.2, 0) is 6.42 Å². The monoisotopic (exact) mass is 481 g/mol. The minimum Gasteiger partial charge on any atom is -0.344 e. The Morgan fingerprint density at radius 2 is 1.95 bits per heavy atom. The van der Waals surface area contributed by atoms with Crippen LogP contribution in [0.3, 0.4) is 0 Å². The van der Waals surface area contributed by atoms with Crippen LogP contribution in [0.2, 0.25) is 0 Å². The number of nitrogens with one attached hydrogen (secondary N) is 1. The number of aryl methyl sites for hydroxylation is 1. The normalized spacial score (nSPS) is 20.4. The van der Waals surface area contributed by atoms with Gasteiger partial charge in [0.25, 0.3) is 0 Å². The molecule has 1 aliphatic heterocycles. The van der Waals surface area contributed by atoms with E-state index in [0.717, 1.165) is 53.5 Å². The lowest BCUT2D eigenvalue weighted by Crippen LogP contribution is -2.22. The second kappa shape index (κ2) is 8.88. The third-order valence-corrected chi connectivity index (χ3v) is 7.47. The van der Waals surface area contributed by atoms with E-state index in [-0.39, 0.29) is 12.1 Å². The van der Waals surface area contributed by atoms with Gasteiger partial charge in [0.1, 0.15) is 17.8 Å². The average molecular weight is 482 g/mol. The number of hydrogen-bond acceptors (Lipinski definition) is 4. The summed E-state index contributed by atoms with van der Waals surface area (Å²) in [4.78, 5) is 15.3. The molecule has 3 aromatic rings. The van der Waals surface area contributed by atoms with E-state index in [2.05, 4.69) is 101 Å². The first-order valence-electron chi connectivity index (χ1n) is 12.9. The van der Waals surface area contributed by atoms with Gasteiger partial charge in [-0.1, -0.05) is 72.9 Å². The zero-order valence-electron chi connectivity index (χ0n) is 20.7. The molecule has 1 N–H and O–H groups in total. The minimum absolute atomic E-state index is 0.131. The molecular weight excluding hydrogens is 454 g/mol. The third-order valence-electron chi connectivity index (χ3n) is 7.47. The maximum atomic E-state index is 5.24. The standard InChI is InChI=1S/C32H27N5/c1-21-12-8-9-15-23(21)30-33-20-26-31(35-30)34-29(22-13-4-2-5-14-22)36-32(26)37-27-18-7-3-6-16-24(27)25-17-10-11-19-28(25)37/h2-6,8-10,12-13,15-18,20,22,30H,11,14,19H2,1H3,(H,34,35,36). The van der Waals surface area contributed by atoms with E-state index in [0.29, 0.717) is 0 Å². The van der Waals surface area contributed by atoms with E-state index >= 15 is 0 Å². The summed E-state index contributed by atoms with van der Waals surface area (Å²) in [6.45, 7) is 2.13. The molecule has 5 heteroatoms. The minimum atomic E-state index is -0.185. The number of aromatic nitrogens is 3. The molecule has 7 rings (SSSR count). The molecule has 0 amide bonds. The zero-order valence-corrected chi connectivity index (χ0v) is 20.7. The lowest BCUT2D eigenvalue weighted by atomic mass is 9.99. The fourth-order valence-electron chi connectivity index (χ4n) is 5.60. The first kappa shape index (κ1) is 21.8. The molecule has 3 aliphatic carbocycles. The maximum absolute atomic E-state index is 5.24. The largest absolute Gasteiger partial charge is 0.344 e. The molecule has 0 saturated heterocycles. The van der Waals surface area contributed by atoms with Crippen molar-refractivity contribution in [2.45, 2.75) is 38.3 Å². The Morgan fingerprint density at radius 1 is 1.00 bits per heavy atom. The molecule has 37 heavy (non-hydrogen) atoms. The van der Waals surface area contributed by atoms with Crippen molar-refractivity contribution in [3.63, 3.8) is 0 Å². The van der Waals surface area contributed by atoms with Crippen LogP contribution in [0.1, 0.15) is 70.0 Å². The smallest absolute Gasteiger partial charge is 0.152 e. The molecule has 4 aliphatic rings. The van der Waals surface area contributed by atoms with Gasteiger partial charge in [-0.15, -0.1) is 5.73 Å². The van der Waals surface area contributed by atoms with Crippen LogP contribution in [0.4, 0.5) is 5.82 Å². The summed E-state index contributed by atoms with van der Waals surface area (Å²) in [5, 5.41) is 3.64. The number of rotatable bonds is 3. The summed E-state index contributed by atoms with van der Waals surface area (Å²) in [7, 11) is 0. The van der Waals surface area contributed by atoms with Crippen molar-refractivity contribution >= 4 is 30.3 Å². The second-order valence-electron chi connectivity index (χ2n) is 9.78. The Bertz CT molecular complexity index is 1640. The summed E-state index contributed by atoms with van der Waals surface area (Å²) in [5.74, 6) is 2.67. The van der Waals surface area contributed by atoms with Gasteiger partial charge in [-0.05, 0) is 43.4 Å². The molecule has 0 fully saturated rings. The average Bonchev–Trinajstić information content (AvgIpc) is 3.07. The number of nitrogens with zero attached hydrogens (tertiary/aromatic N) is 4. The van der Waals surface area contributed by atoms with Gasteiger partial charge in [-0.25, -0.2) is 9.97 Å². The van der Waals surface area contributed by atoms with E-state index in [1.54, 1.807) is 0 Å². The fourth-order valence-corrected chi connectivity index (χ4v) is 5.60. The molecule has 2 atom stereocenters. The van der Waals surface area contributed by atoms with Crippen molar-refractivity contribution in [1.29, 1.82) is 0 Å². The Kier molecular flexibility index (Phi) is 5.23. The number of allylic oxidation sites excluding steroid dienone is 7. The molecule has 1 aromatic carbocycles. The number of benzene rings is 1. The highest BCUT2D eigenvalue weighted by atomic mass is 15.2. The van der Waals surface area contributed by atoms with Crippen LogP contribution in [0.15, 0.2) is 77.5 Å². The summed E-state index contributed by atoms with van der Waals surface area (Å²) in [6, 6.07) is 8.38. The van der Waals surface area contributed by atoms with Crippen LogP contribution in [0.25, 0.3) is 24.0 Å². The quantitative estimate of drug-likeness (QED) is 0.415. The van der Waals surface area contributed by atoms with Crippen molar-refractivity contribution in [2.75, 3.05) is 5.32 Å².